The molecule has 0 amide bonds. The zero-order valence-electron chi connectivity index (χ0n) is 19.5. The second kappa shape index (κ2) is 9.23. The summed E-state index contributed by atoms with van der Waals surface area (Å²) < 4.78 is 41.5. The Morgan fingerprint density at radius 1 is 1.15 bits per heavy atom. The molecule has 0 spiro atoms. The van der Waals surface area contributed by atoms with Gasteiger partial charge in [-0.1, -0.05) is 6.07 Å². The summed E-state index contributed by atoms with van der Waals surface area (Å²) in [4.78, 5) is 6.95. The molecule has 2 aliphatic rings. The molecule has 1 unspecified atom stereocenters. The smallest absolute Gasteiger partial charge is 0.194 e. The van der Waals surface area contributed by atoms with Gasteiger partial charge in [-0.2, -0.15) is 4.37 Å². The van der Waals surface area contributed by atoms with Crippen LogP contribution in [0.4, 0.5) is 0 Å². The molecule has 1 atom stereocenters. The van der Waals surface area contributed by atoms with Crippen molar-refractivity contribution < 1.29 is 17.9 Å². The van der Waals surface area contributed by atoms with Gasteiger partial charge in [-0.25, -0.2) is 13.4 Å². The van der Waals surface area contributed by atoms with Gasteiger partial charge >= 0.3 is 0 Å². The van der Waals surface area contributed by atoms with Crippen LogP contribution in [0.5, 0.6) is 11.5 Å². The van der Waals surface area contributed by atoms with Crippen LogP contribution >= 0.6 is 11.5 Å². The van der Waals surface area contributed by atoms with Crippen molar-refractivity contribution in [3.63, 3.8) is 0 Å². The number of benzene rings is 1. The van der Waals surface area contributed by atoms with Crippen LogP contribution in [-0.2, 0) is 22.9 Å². The van der Waals surface area contributed by atoms with Crippen molar-refractivity contribution in [1.82, 2.24) is 29.0 Å². The zero-order chi connectivity index (χ0) is 23.9. The predicted molar refractivity (Wildman–Crippen MR) is 128 cm³/mol. The molecule has 0 bridgehead atoms. The number of rotatable bonds is 9. The number of ether oxygens (including phenoxy) is 2. The molecule has 1 aliphatic carbocycles. The zero-order valence-corrected chi connectivity index (χ0v) is 21.1. The fourth-order valence-corrected chi connectivity index (χ4v) is 5.74. The molecular weight excluding hydrogens is 476 g/mol. The quantitative estimate of drug-likeness (QED) is 0.434. The van der Waals surface area contributed by atoms with Gasteiger partial charge in [-0.15, -0.1) is 10.2 Å². The molecule has 3 aromatic rings. The highest BCUT2D eigenvalue weighted by molar-refractivity contribution is 7.90. The van der Waals surface area contributed by atoms with Crippen molar-refractivity contribution in [3.8, 4) is 22.3 Å². The standard InChI is InChI=1S/C22H28N6O4S2/c1-31-16-7-6-15(18(12-16)32-2)13-27-9-10-28-20(17(27)8-11-34(3,29)30)24-25-21(28)22-23-19(26-33-22)14-4-5-14/h6-7,12,14,17H,4-5,8-11,13H2,1-3H3. The molecule has 0 N–H and O–H groups in total. The van der Waals surface area contributed by atoms with Crippen LogP contribution in [0, 0.1) is 0 Å². The predicted octanol–water partition coefficient (Wildman–Crippen LogP) is 2.68. The summed E-state index contributed by atoms with van der Waals surface area (Å²) >= 11 is 1.36. The molecule has 1 saturated carbocycles. The minimum atomic E-state index is -3.13. The lowest BCUT2D eigenvalue weighted by Gasteiger charge is -2.36. The topological polar surface area (TPSA) is 112 Å². The third kappa shape index (κ3) is 4.80. The Labute approximate surface area is 203 Å². The van der Waals surface area contributed by atoms with E-state index in [2.05, 4.69) is 24.0 Å². The van der Waals surface area contributed by atoms with E-state index < -0.39 is 9.84 Å². The van der Waals surface area contributed by atoms with Gasteiger partial charge in [0, 0.05) is 43.4 Å². The van der Waals surface area contributed by atoms with Crippen LogP contribution in [0.1, 0.15) is 48.4 Å². The monoisotopic (exact) mass is 504 g/mol. The summed E-state index contributed by atoms with van der Waals surface area (Å²) in [5.41, 5.74) is 0.999. The van der Waals surface area contributed by atoms with Gasteiger partial charge in [0.05, 0.1) is 26.0 Å². The van der Waals surface area contributed by atoms with E-state index in [9.17, 15) is 8.42 Å². The van der Waals surface area contributed by atoms with Crippen molar-refractivity contribution in [2.75, 3.05) is 32.8 Å². The van der Waals surface area contributed by atoms with Gasteiger partial charge in [0.1, 0.15) is 27.2 Å². The van der Waals surface area contributed by atoms with E-state index in [0.717, 1.165) is 53.1 Å². The van der Waals surface area contributed by atoms with Gasteiger partial charge < -0.3 is 14.0 Å². The summed E-state index contributed by atoms with van der Waals surface area (Å²) in [7, 11) is 0.122. The van der Waals surface area contributed by atoms with Gasteiger partial charge in [0.25, 0.3) is 0 Å². The van der Waals surface area contributed by atoms with Crippen LogP contribution in [0.15, 0.2) is 18.2 Å². The Bertz CT molecular complexity index is 1280. The molecule has 1 aromatic carbocycles. The first-order valence-electron chi connectivity index (χ1n) is 11.3. The Hall–Kier alpha value is -2.57. The molecule has 0 radical (unpaired) electrons. The first-order valence-corrected chi connectivity index (χ1v) is 14.1. The van der Waals surface area contributed by atoms with E-state index in [0.29, 0.717) is 31.3 Å². The molecule has 10 nitrogen and oxygen atoms in total. The average Bonchev–Trinajstić information content (AvgIpc) is 3.39. The van der Waals surface area contributed by atoms with Gasteiger partial charge in [-0.3, -0.25) is 4.90 Å². The molecule has 2 aromatic heterocycles. The molecule has 3 heterocycles. The number of hydrogen-bond donors (Lipinski definition) is 0. The van der Waals surface area contributed by atoms with Gasteiger partial charge in [0.2, 0.25) is 0 Å². The molecule has 34 heavy (non-hydrogen) atoms. The number of nitrogens with zero attached hydrogens (tertiary/aromatic N) is 6. The summed E-state index contributed by atoms with van der Waals surface area (Å²) in [6.07, 6.45) is 3.99. The number of fused-ring (bicyclic) bond motifs is 1. The van der Waals surface area contributed by atoms with Crippen molar-refractivity contribution in [2.45, 2.75) is 44.3 Å². The molecule has 12 heteroatoms. The van der Waals surface area contributed by atoms with Crippen LogP contribution in [0.2, 0.25) is 0 Å². The molecule has 1 aliphatic heterocycles. The second-order valence-electron chi connectivity index (χ2n) is 8.85. The maximum absolute atomic E-state index is 12.0. The Morgan fingerprint density at radius 2 is 1.97 bits per heavy atom. The fraction of sp³-hybridized carbons (Fsp3) is 0.545. The summed E-state index contributed by atoms with van der Waals surface area (Å²) in [6.45, 7) is 1.99. The average molecular weight is 505 g/mol. The largest absolute Gasteiger partial charge is 0.497 e. The maximum atomic E-state index is 12.0. The van der Waals surface area contributed by atoms with Crippen molar-refractivity contribution in [1.29, 1.82) is 0 Å². The molecule has 0 saturated heterocycles. The summed E-state index contributed by atoms with van der Waals surface area (Å²) in [6, 6.07) is 5.54. The molecule has 182 valence electrons. The van der Waals surface area contributed by atoms with E-state index in [1.807, 2.05) is 18.2 Å². The van der Waals surface area contributed by atoms with E-state index in [-0.39, 0.29) is 11.8 Å². The highest BCUT2D eigenvalue weighted by Crippen LogP contribution is 2.40. The first kappa shape index (κ1) is 23.2. The van der Waals surface area contributed by atoms with Crippen LogP contribution in [-0.4, -0.2) is 70.2 Å². The van der Waals surface area contributed by atoms with Gasteiger partial charge in [0.15, 0.2) is 16.7 Å². The highest BCUT2D eigenvalue weighted by Gasteiger charge is 2.34. The number of sulfone groups is 1. The number of methoxy groups -OCH3 is 2. The molecular formula is C22H28N6O4S2. The lowest BCUT2D eigenvalue weighted by molar-refractivity contribution is 0.139. The summed E-state index contributed by atoms with van der Waals surface area (Å²) in [5.74, 6) is 4.38. The second-order valence-corrected chi connectivity index (χ2v) is 11.9. The SMILES string of the molecule is COc1ccc(CN2CCn3c(-c4nc(C5CC5)ns4)nnc3C2CCS(C)(=O)=O)c(OC)c1. The van der Waals surface area contributed by atoms with Crippen LogP contribution in [0.25, 0.3) is 10.8 Å². The fourth-order valence-electron chi connectivity index (χ4n) is 4.35. The van der Waals surface area contributed by atoms with E-state index in [1.165, 1.54) is 17.8 Å². The van der Waals surface area contributed by atoms with E-state index in [1.54, 1.807) is 14.2 Å². The normalized spacial score (nSPS) is 18.6. The van der Waals surface area contributed by atoms with Crippen molar-refractivity contribution in [3.05, 3.63) is 35.4 Å². The Balaban J connectivity index is 1.45. The van der Waals surface area contributed by atoms with Crippen molar-refractivity contribution in [2.24, 2.45) is 0 Å². The minimum Gasteiger partial charge on any atom is -0.497 e. The Morgan fingerprint density at radius 3 is 2.68 bits per heavy atom. The van der Waals surface area contributed by atoms with Gasteiger partial charge in [-0.05, 0) is 36.9 Å². The summed E-state index contributed by atoms with van der Waals surface area (Å²) in [5, 5.41) is 9.74. The maximum Gasteiger partial charge on any atom is 0.194 e. The van der Waals surface area contributed by atoms with Crippen LogP contribution < -0.4 is 9.47 Å². The van der Waals surface area contributed by atoms with Crippen LogP contribution in [0.3, 0.4) is 0 Å². The Kier molecular flexibility index (Phi) is 6.30. The van der Waals surface area contributed by atoms with E-state index in [4.69, 9.17) is 14.5 Å². The lowest BCUT2D eigenvalue weighted by Crippen LogP contribution is -2.39. The molecule has 1 fully saturated rings. The third-order valence-electron chi connectivity index (χ3n) is 6.33. The number of aromatic nitrogens is 5. The van der Waals surface area contributed by atoms with E-state index >= 15 is 0 Å². The minimum absolute atomic E-state index is 0.0702. The third-order valence-corrected chi connectivity index (χ3v) is 8.04. The lowest BCUT2D eigenvalue weighted by atomic mass is 10.1. The highest BCUT2D eigenvalue weighted by atomic mass is 32.2. The van der Waals surface area contributed by atoms with Crippen molar-refractivity contribution >= 4 is 21.4 Å². The molecule has 5 rings (SSSR count). The first-order chi connectivity index (χ1) is 16.4. The number of hydrogen-bond acceptors (Lipinski definition) is 10.